The minimum atomic E-state index is -0.539. The standard InChI is InChI=1S/C18H16N6O3S/c1-2-11-23-17(14-8-5-6-10-19-14)21-22-18(23)28-12-16(25)20-13-7-3-4-9-15(13)24(26)27/h2-10H,1,11-12H2,(H,20,25). The number of anilines is 1. The fourth-order valence-electron chi connectivity index (χ4n) is 2.43. The molecule has 0 atom stereocenters. The van der Waals surface area contributed by atoms with Gasteiger partial charge in [0.15, 0.2) is 11.0 Å². The third-order valence-corrected chi connectivity index (χ3v) is 4.60. The third-order valence-electron chi connectivity index (χ3n) is 3.63. The second kappa shape index (κ2) is 8.91. The van der Waals surface area contributed by atoms with Crippen LogP contribution in [0.4, 0.5) is 11.4 Å². The van der Waals surface area contributed by atoms with Gasteiger partial charge in [-0.2, -0.15) is 0 Å². The van der Waals surface area contributed by atoms with Crippen LogP contribution in [0, 0.1) is 10.1 Å². The van der Waals surface area contributed by atoms with E-state index in [9.17, 15) is 14.9 Å². The summed E-state index contributed by atoms with van der Waals surface area (Å²) in [6, 6.07) is 11.5. The number of hydrogen-bond acceptors (Lipinski definition) is 7. The van der Waals surface area contributed by atoms with Crippen LogP contribution in [0.15, 0.2) is 66.5 Å². The summed E-state index contributed by atoms with van der Waals surface area (Å²) in [4.78, 5) is 27.0. The van der Waals surface area contributed by atoms with Crippen LogP contribution in [0.1, 0.15) is 0 Å². The first kappa shape index (κ1) is 19.2. The number of pyridine rings is 1. The molecule has 10 heteroatoms. The zero-order chi connectivity index (χ0) is 19.9. The number of allylic oxidation sites excluding steroid dienone is 1. The Bertz CT molecular complexity index is 1010. The van der Waals surface area contributed by atoms with Crippen molar-refractivity contribution in [2.45, 2.75) is 11.7 Å². The lowest BCUT2D eigenvalue weighted by atomic mass is 10.2. The summed E-state index contributed by atoms with van der Waals surface area (Å²) in [6.45, 7) is 4.19. The number of nitro benzene ring substituents is 1. The smallest absolute Gasteiger partial charge is 0.292 e. The lowest BCUT2D eigenvalue weighted by Crippen LogP contribution is -2.15. The number of nitrogens with zero attached hydrogens (tertiary/aromatic N) is 5. The van der Waals surface area contributed by atoms with Crippen molar-refractivity contribution in [2.24, 2.45) is 0 Å². The second-order valence-corrected chi connectivity index (χ2v) is 6.47. The SMILES string of the molecule is C=CCn1c(SCC(=O)Nc2ccccc2[N+](=O)[O-])nnc1-c1ccccn1. The first-order valence-electron chi connectivity index (χ1n) is 8.21. The van der Waals surface area contributed by atoms with Crippen molar-refractivity contribution < 1.29 is 9.72 Å². The van der Waals surface area contributed by atoms with Gasteiger partial charge in [-0.15, -0.1) is 16.8 Å². The molecular weight excluding hydrogens is 380 g/mol. The molecule has 0 saturated carbocycles. The van der Waals surface area contributed by atoms with Gasteiger partial charge < -0.3 is 5.32 Å². The summed E-state index contributed by atoms with van der Waals surface area (Å²) in [6.07, 6.45) is 3.36. The molecule has 9 nitrogen and oxygen atoms in total. The molecule has 0 fully saturated rings. The van der Waals surface area contributed by atoms with Crippen LogP contribution >= 0.6 is 11.8 Å². The van der Waals surface area contributed by atoms with Crippen LogP contribution < -0.4 is 5.32 Å². The summed E-state index contributed by atoms with van der Waals surface area (Å²) in [5.41, 5.74) is 0.654. The van der Waals surface area contributed by atoms with E-state index < -0.39 is 4.92 Å². The molecule has 2 heterocycles. The third kappa shape index (κ3) is 4.41. The number of carbonyl (C=O) groups is 1. The van der Waals surface area contributed by atoms with Crippen LogP contribution in [0.3, 0.4) is 0 Å². The molecule has 0 aliphatic carbocycles. The average molecular weight is 396 g/mol. The van der Waals surface area contributed by atoms with E-state index in [-0.39, 0.29) is 23.0 Å². The summed E-state index contributed by atoms with van der Waals surface area (Å²) in [7, 11) is 0. The molecule has 1 aromatic carbocycles. The number of carbonyl (C=O) groups excluding carboxylic acids is 1. The molecule has 0 aliphatic heterocycles. The Morgan fingerprint density at radius 2 is 2.04 bits per heavy atom. The van der Waals surface area contributed by atoms with E-state index in [4.69, 9.17) is 0 Å². The van der Waals surface area contributed by atoms with Gasteiger partial charge in [0.05, 0.1) is 10.7 Å². The summed E-state index contributed by atoms with van der Waals surface area (Å²) in [5, 5.41) is 22.4. The fraction of sp³-hybridized carbons (Fsp3) is 0.111. The van der Waals surface area contributed by atoms with E-state index >= 15 is 0 Å². The molecule has 0 saturated heterocycles. The summed E-state index contributed by atoms with van der Waals surface area (Å²) in [5.74, 6) is 0.206. The Hall–Kier alpha value is -3.53. The number of nitrogens with one attached hydrogen (secondary N) is 1. The zero-order valence-electron chi connectivity index (χ0n) is 14.7. The van der Waals surface area contributed by atoms with Gasteiger partial charge in [-0.25, -0.2) is 0 Å². The van der Waals surface area contributed by atoms with Crippen LogP contribution in [0.25, 0.3) is 11.5 Å². The number of benzene rings is 1. The lowest BCUT2D eigenvalue weighted by molar-refractivity contribution is -0.383. The molecule has 0 unspecified atom stereocenters. The molecule has 0 aliphatic rings. The molecule has 0 bridgehead atoms. The molecule has 3 rings (SSSR count). The molecular formula is C18H16N6O3S. The summed E-state index contributed by atoms with van der Waals surface area (Å²) < 4.78 is 1.80. The van der Waals surface area contributed by atoms with Gasteiger partial charge in [-0.05, 0) is 18.2 Å². The lowest BCUT2D eigenvalue weighted by Gasteiger charge is -2.08. The van der Waals surface area contributed by atoms with E-state index in [0.29, 0.717) is 23.2 Å². The van der Waals surface area contributed by atoms with Gasteiger partial charge in [0.25, 0.3) is 5.69 Å². The Kier molecular flexibility index (Phi) is 6.12. The van der Waals surface area contributed by atoms with Crippen molar-refractivity contribution in [3.63, 3.8) is 0 Å². The van der Waals surface area contributed by atoms with Crippen LogP contribution in [0.2, 0.25) is 0 Å². The minimum Gasteiger partial charge on any atom is -0.320 e. The molecule has 142 valence electrons. The molecule has 0 spiro atoms. The molecule has 1 amide bonds. The fourth-order valence-corrected chi connectivity index (χ4v) is 3.18. The van der Waals surface area contributed by atoms with Crippen molar-refractivity contribution in [3.05, 3.63) is 71.4 Å². The number of para-hydroxylation sites is 2. The Morgan fingerprint density at radius 3 is 2.75 bits per heavy atom. The van der Waals surface area contributed by atoms with E-state index in [1.807, 2.05) is 12.1 Å². The van der Waals surface area contributed by atoms with Crippen molar-refractivity contribution in [2.75, 3.05) is 11.1 Å². The van der Waals surface area contributed by atoms with E-state index in [0.717, 1.165) is 0 Å². The van der Waals surface area contributed by atoms with E-state index in [1.165, 1.54) is 23.9 Å². The number of rotatable bonds is 8. The Morgan fingerprint density at radius 1 is 1.25 bits per heavy atom. The highest BCUT2D eigenvalue weighted by Gasteiger charge is 2.18. The molecule has 28 heavy (non-hydrogen) atoms. The van der Waals surface area contributed by atoms with Gasteiger partial charge in [0, 0.05) is 18.8 Å². The quantitative estimate of drug-likeness (QED) is 0.269. The maximum Gasteiger partial charge on any atom is 0.292 e. The Balaban J connectivity index is 1.73. The zero-order valence-corrected chi connectivity index (χ0v) is 15.5. The van der Waals surface area contributed by atoms with Gasteiger partial charge in [0.1, 0.15) is 11.4 Å². The Labute approximate surface area is 164 Å². The highest BCUT2D eigenvalue weighted by Crippen LogP contribution is 2.25. The predicted molar refractivity (Wildman–Crippen MR) is 106 cm³/mol. The molecule has 0 radical (unpaired) electrons. The number of amides is 1. The molecule has 2 aromatic heterocycles. The largest absolute Gasteiger partial charge is 0.320 e. The van der Waals surface area contributed by atoms with Crippen molar-refractivity contribution in [3.8, 4) is 11.5 Å². The van der Waals surface area contributed by atoms with Crippen LogP contribution in [-0.2, 0) is 11.3 Å². The highest BCUT2D eigenvalue weighted by atomic mass is 32.2. The van der Waals surface area contributed by atoms with E-state index in [1.54, 1.807) is 35.0 Å². The maximum absolute atomic E-state index is 12.3. The van der Waals surface area contributed by atoms with Gasteiger partial charge in [-0.3, -0.25) is 24.5 Å². The number of aromatic nitrogens is 4. The van der Waals surface area contributed by atoms with Gasteiger partial charge >= 0.3 is 0 Å². The first-order chi connectivity index (χ1) is 13.6. The monoisotopic (exact) mass is 396 g/mol. The number of nitro groups is 1. The first-order valence-corrected chi connectivity index (χ1v) is 9.20. The second-order valence-electron chi connectivity index (χ2n) is 5.53. The minimum absolute atomic E-state index is 0.0174. The van der Waals surface area contributed by atoms with Gasteiger partial charge in [0.2, 0.25) is 5.91 Å². The van der Waals surface area contributed by atoms with E-state index in [2.05, 4.69) is 27.1 Å². The van der Waals surface area contributed by atoms with Crippen molar-refractivity contribution in [1.82, 2.24) is 19.7 Å². The normalized spacial score (nSPS) is 10.4. The topological polar surface area (TPSA) is 116 Å². The average Bonchev–Trinajstić information content (AvgIpc) is 3.10. The number of thioether (sulfide) groups is 1. The van der Waals surface area contributed by atoms with Crippen molar-refractivity contribution in [1.29, 1.82) is 0 Å². The maximum atomic E-state index is 12.3. The predicted octanol–water partition coefficient (Wildman–Crippen LogP) is 3.17. The number of hydrogen-bond donors (Lipinski definition) is 1. The van der Waals surface area contributed by atoms with Crippen LogP contribution in [0.5, 0.6) is 0 Å². The molecule has 1 N–H and O–H groups in total. The summed E-state index contributed by atoms with van der Waals surface area (Å²) >= 11 is 1.18. The molecule has 3 aromatic rings. The van der Waals surface area contributed by atoms with Crippen molar-refractivity contribution >= 4 is 29.0 Å². The highest BCUT2D eigenvalue weighted by molar-refractivity contribution is 7.99. The van der Waals surface area contributed by atoms with Crippen LogP contribution in [-0.4, -0.2) is 36.3 Å². The van der Waals surface area contributed by atoms with Gasteiger partial charge in [-0.1, -0.05) is 36.0 Å².